The highest BCUT2D eigenvalue weighted by Gasteiger charge is 2.15. The van der Waals surface area contributed by atoms with Gasteiger partial charge in [0.25, 0.3) is 0 Å². The molecule has 0 saturated carbocycles. The fourth-order valence-corrected chi connectivity index (χ4v) is 2.67. The molecular formula is C17H13F2N5. The van der Waals surface area contributed by atoms with Crippen LogP contribution in [0.2, 0.25) is 0 Å². The van der Waals surface area contributed by atoms with Gasteiger partial charge in [-0.3, -0.25) is 4.40 Å². The van der Waals surface area contributed by atoms with E-state index in [1.165, 1.54) is 12.1 Å². The smallest absolute Gasteiger partial charge is 0.204 e. The normalized spacial score (nSPS) is 11.3. The molecule has 0 saturated heterocycles. The van der Waals surface area contributed by atoms with Crippen LogP contribution in [0.15, 0.2) is 42.5 Å². The molecule has 0 atom stereocenters. The summed E-state index contributed by atoms with van der Waals surface area (Å²) < 4.78 is 28.9. The second-order valence-electron chi connectivity index (χ2n) is 5.33. The van der Waals surface area contributed by atoms with Crippen molar-refractivity contribution in [1.82, 2.24) is 19.6 Å². The summed E-state index contributed by atoms with van der Waals surface area (Å²) in [5.74, 6) is -0.179. The van der Waals surface area contributed by atoms with Crippen LogP contribution in [0.1, 0.15) is 12.7 Å². The first-order chi connectivity index (χ1) is 11.7. The number of benzene rings is 2. The van der Waals surface area contributed by atoms with E-state index in [-0.39, 0.29) is 5.69 Å². The summed E-state index contributed by atoms with van der Waals surface area (Å²) in [4.78, 5) is 4.51. The van der Waals surface area contributed by atoms with Gasteiger partial charge in [-0.1, -0.05) is 19.1 Å². The van der Waals surface area contributed by atoms with Crippen LogP contribution in [-0.2, 0) is 6.42 Å². The molecule has 4 aromatic rings. The van der Waals surface area contributed by atoms with Crippen molar-refractivity contribution < 1.29 is 8.78 Å². The maximum absolute atomic E-state index is 13.9. The van der Waals surface area contributed by atoms with Crippen molar-refractivity contribution in [3.63, 3.8) is 0 Å². The zero-order valence-electron chi connectivity index (χ0n) is 12.8. The van der Waals surface area contributed by atoms with Crippen LogP contribution >= 0.6 is 0 Å². The number of hydrogen-bond donors (Lipinski definition) is 1. The molecule has 120 valence electrons. The second kappa shape index (κ2) is 5.52. The highest BCUT2D eigenvalue weighted by atomic mass is 19.1. The average molecular weight is 325 g/mol. The van der Waals surface area contributed by atoms with Gasteiger partial charge in [-0.25, -0.2) is 13.8 Å². The van der Waals surface area contributed by atoms with E-state index in [0.29, 0.717) is 17.9 Å². The molecule has 5 nitrogen and oxygen atoms in total. The third-order valence-corrected chi connectivity index (χ3v) is 3.80. The molecule has 0 bridgehead atoms. The molecular weight excluding hydrogens is 312 g/mol. The maximum Gasteiger partial charge on any atom is 0.204 e. The van der Waals surface area contributed by atoms with Crippen molar-refractivity contribution in [3.05, 3.63) is 59.9 Å². The standard InChI is InChI=1S/C17H13F2N5/c1-2-15-22-23-17-16(20-12-8-7-10(18)9-11(12)19)21-13-5-3-4-6-14(13)24(15)17/h3-9H,2H2,1H3,(H,20,21). The first-order valence-corrected chi connectivity index (χ1v) is 7.52. The highest BCUT2D eigenvalue weighted by Crippen LogP contribution is 2.26. The van der Waals surface area contributed by atoms with Crippen LogP contribution in [-0.4, -0.2) is 19.6 Å². The van der Waals surface area contributed by atoms with Gasteiger partial charge in [-0.05, 0) is 24.3 Å². The molecule has 0 unspecified atom stereocenters. The van der Waals surface area contributed by atoms with E-state index in [4.69, 9.17) is 0 Å². The number of fused-ring (bicyclic) bond motifs is 3. The number of anilines is 2. The predicted octanol–water partition coefficient (Wildman–Crippen LogP) is 3.86. The van der Waals surface area contributed by atoms with E-state index in [2.05, 4.69) is 20.5 Å². The van der Waals surface area contributed by atoms with Gasteiger partial charge >= 0.3 is 0 Å². The Labute approximate surface area is 136 Å². The SMILES string of the molecule is CCc1nnc2c(Nc3ccc(F)cc3F)nc3ccccc3n12. The Kier molecular flexibility index (Phi) is 3.34. The first kappa shape index (κ1) is 14.5. The van der Waals surface area contributed by atoms with Crippen LogP contribution in [0, 0.1) is 11.6 Å². The molecule has 0 fully saturated rings. The number of halogens is 2. The lowest BCUT2D eigenvalue weighted by atomic mass is 10.2. The summed E-state index contributed by atoms with van der Waals surface area (Å²) in [5.41, 5.74) is 2.22. The quantitative estimate of drug-likeness (QED) is 0.621. The summed E-state index contributed by atoms with van der Waals surface area (Å²) in [6.07, 6.45) is 0.694. The molecule has 2 heterocycles. The monoisotopic (exact) mass is 325 g/mol. The Hall–Kier alpha value is -3.09. The lowest BCUT2D eigenvalue weighted by Gasteiger charge is -2.10. The molecule has 2 aromatic heterocycles. The van der Waals surface area contributed by atoms with Crippen LogP contribution < -0.4 is 5.32 Å². The summed E-state index contributed by atoms with van der Waals surface area (Å²) in [6, 6.07) is 10.9. The number of hydrogen-bond acceptors (Lipinski definition) is 4. The third kappa shape index (κ3) is 2.25. The van der Waals surface area contributed by atoms with E-state index < -0.39 is 11.6 Å². The Bertz CT molecular complexity index is 1060. The van der Waals surface area contributed by atoms with E-state index in [1.54, 1.807) is 0 Å². The van der Waals surface area contributed by atoms with Crippen molar-refractivity contribution >= 4 is 28.2 Å². The van der Waals surface area contributed by atoms with Crippen molar-refractivity contribution in [2.45, 2.75) is 13.3 Å². The maximum atomic E-state index is 13.9. The van der Waals surface area contributed by atoms with Crippen molar-refractivity contribution in [1.29, 1.82) is 0 Å². The number of aromatic nitrogens is 4. The molecule has 1 N–H and O–H groups in total. The fourth-order valence-electron chi connectivity index (χ4n) is 2.67. The number of nitrogens with zero attached hydrogens (tertiary/aromatic N) is 4. The van der Waals surface area contributed by atoms with E-state index in [9.17, 15) is 8.78 Å². The molecule has 24 heavy (non-hydrogen) atoms. The Morgan fingerprint density at radius 3 is 2.71 bits per heavy atom. The number of para-hydroxylation sites is 2. The minimum atomic E-state index is -0.696. The van der Waals surface area contributed by atoms with Crippen LogP contribution in [0.4, 0.5) is 20.3 Å². The summed E-state index contributed by atoms with van der Waals surface area (Å²) in [6.45, 7) is 1.98. The predicted molar refractivity (Wildman–Crippen MR) is 87.3 cm³/mol. The molecule has 2 aromatic carbocycles. The summed E-state index contributed by atoms with van der Waals surface area (Å²) in [5, 5.41) is 11.3. The molecule has 4 rings (SSSR count). The van der Waals surface area contributed by atoms with Gasteiger partial charge in [0.05, 0.1) is 16.7 Å². The fraction of sp³-hybridized carbons (Fsp3) is 0.118. The van der Waals surface area contributed by atoms with Crippen LogP contribution in [0.3, 0.4) is 0 Å². The average Bonchev–Trinajstić information content (AvgIpc) is 3.02. The van der Waals surface area contributed by atoms with Gasteiger partial charge in [0, 0.05) is 12.5 Å². The topological polar surface area (TPSA) is 55.1 Å². The van der Waals surface area contributed by atoms with Crippen LogP contribution in [0.5, 0.6) is 0 Å². The molecule has 7 heteroatoms. The lowest BCUT2D eigenvalue weighted by Crippen LogP contribution is -2.03. The van der Waals surface area contributed by atoms with Crippen molar-refractivity contribution in [3.8, 4) is 0 Å². The second-order valence-corrected chi connectivity index (χ2v) is 5.33. The number of nitrogens with one attached hydrogen (secondary N) is 1. The number of rotatable bonds is 3. The Morgan fingerprint density at radius 2 is 1.92 bits per heavy atom. The largest absolute Gasteiger partial charge is 0.335 e. The van der Waals surface area contributed by atoms with Gasteiger partial charge in [0.2, 0.25) is 5.65 Å². The van der Waals surface area contributed by atoms with E-state index in [0.717, 1.165) is 22.9 Å². The first-order valence-electron chi connectivity index (χ1n) is 7.52. The molecule has 0 aliphatic heterocycles. The van der Waals surface area contributed by atoms with Gasteiger partial charge < -0.3 is 5.32 Å². The zero-order valence-corrected chi connectivity index (χ0v) is 12.8. The Morgan fingerprint density at radius 1 is 1.08 bits per heavy atom. The Balaban J connectivity index is 1.95. The van der Waals surface area contributed by atoms with Gasteiger partial charge in [0.1, 0.15) is 17.5 Å². The lowest BCUT2D eigenvalue weighted by molar-refractivity contribution is 0.586. The minimum absolute atomic E-state index is 0.127. The van der Waals surface area contributed by atoms with E-state index >= 15 is 0 Å². The minimum Gasteiger partial charge on any atom is -0.335 e. The van der Waals surface area contributed by atoms with Gasteiger partial charge in [-0.2, -0.15) is 0 Å². The zero-order chi connectivity index (χ0) is 16.7. The molecule has 0 aliphatic rings. The summed E-state index contributed by atoms with van der Waals surface area (Å²) >= 11 is 0. The van der Waals surface area contributed by atoms with E-state index in [1.807, 2.05) is 35.6 Å². The van der Waals surface area contributed by atoms with Gasteiger partial charge in [-0.15, -0.1) is 10.2 Å². The number of aryl methyl sites for hydroxylation is 1. The molecule has 0 spiro atoms. The molecule has 0 amide bonds. The van der Waals surface area contributed by atoms with Crippen molar-refractivity contribution in [2.24, 2.45) is 0 Å². The van der Waals surface area contributed by atoms with Crippen molar-refractivity contribution in [2.75, 3.05) is 5.32 Å². The third-order valence-electron chi connectivity index (χ3n) is 3.80. The van der Waals surface area contributed by atoms with Gasteiger partial charge in [0.15, 0.2) is 5.82 Å². The molecule has 0 aliphatic carbocycles. The van der Waals surface area contributed by atoms with Crippen LogP contribution in [0.25, 0.3) is 16.7 Å². The highest BCUT2D eigenvalue weighted by molar-refractivity contribution is 5.84. The summed E-state index contributed by atoms with van der Waals surface area (Å²) in [7, 11) is 0. The molecule has 0 radical (unpaired) electrons.